The van der Waals surface area contributed by atoms with Crippen LogP contribution in [-0.4, -0.2) is 11.4 Å². The van der Waals surface area contributed by atoms with Crippen LogP contribution in [0.4, 0.5) is 0 Å². The minimum Gasteiger partial charge on any atom is -0.363 e. The Bertz CT molecular complexity index is 530. The van der Waals surface area contributed by atoms with Crippen LogP contribution in [0.5, 0.6) is 0 Å². The van der Waals surface area contributed by atoms with Crippen molar-refractivity contribution in [1.82, 2.24) is 0 Å². The van der Waals surface area contributed by atoms with Crippen molar-refractivity contribution >= 4 is 5.78 Å². The highest BCUT2D eigenvalue weighted by molar-refractivity contribution is 6.01. The maximum Gasteiger partial charge on any atom is 0.194 e. The van der Waals surface area contributed by atoms with Gasteiger partial charge in [0, 0.05) is 5.56 Å². The molecule has 0 aliphatic rings. The zero-order chi connectivity index (χ0) is 13.7. The lowest BCUT2D eigenvalue weighted by molar-refractivity contribution is -0.0135. The second-order valence-corrected chi connectivity index (χ2v) is 4.98. The third kappa shape index (κ3) is 3.52. The second-order valence-electron chi connectivity index (χ2n) is 4.98. The number of benzene rings is 2. The van der Waals surface area contributed by atoms with Crippen molar-refractivity contribution < 1.29 is 9.53 Å². The third-order valence-corrected chi connectivity index (χ3v) is 3.03. The summed E-state index contributed by atoms with van der Waals surface area (Å²) in [4.78, 5) is 12.4. The molecule has 2 heteroatoms. The van der Waals surface area contributed by atoms with E-state index in [1.54, 1.807) is 0 Å². The molecule has 0 saturated heterocycles. The van der Waals surface area contributed by atoms with E-state index < -0.39 is 5.60 Å². The molecule has 0 fully saturated rings. The van der Waals surface area contributed by atoms with Crippen molar-refractivity contribution in [3.8, 4) is 0 Å². The first-order valence-corrected chi connectivity index (χ1v) is 6.37. The lowest BCUT2D eigenvalue weighted by Gasteiger charge is -2.24. The maximum absolute atomic E-state index is 12.4. The highest BCUT2D eigenvalue weighted by atomic mass is 16.5. The van der Waals surface area contributed by atoms with Crippen LogP contribution in [0.15, 0.2) is 60.7 Å². The van der Waals surface area contributed by atoms with Gasteiger partial charge in [-0.3, -0.25) is 4.79 Å². The van der Waals surface area contributed by atoms with Crippen LogP contribution in [0.25, 0.3) is 0 Å². The van der Waals surface area contributed by atoms with Gasteiger partial charge in [-0.25, -0.2) is 0 Å². The van der Waals surface area contributed by atoms with E-state index in [1.807, 2.05) is 74.5 Å². The van der Waals surface area contributed by atoms with Gasteiger partial charge in [-0.1, -0.05) is 60.7 Å². The second kappa shape index (κ2) is 5.81. The third-order valence-electron chi connectivity index (χ3n) is 3.03. The molecule has 0 atom stereocenters. The summed E-state index contributed by atoms with van der Waals surface area (Å²) in [6, 6.07) is 19.1. The minimum atomic E-state index is -0.822. The van der Waals surface area contributed by atoms with Gasteiger partial charge in [-0.2, -0.15) is 0 Å². The predicted octanol–water partition coefficient (Wildman–Crippen LogP) is 3.86. The number of hydrogen-bond acceptors (Lipinski definition) is 2. The summed E-state index contributed by atoms with van der Waals surface area (Å²) in [5.74, 6) is 0.00373. The van der Waals surface area contributed by atoms with Crippen LogP contribution in [0, 0.1) is 0 Å². The molecule has 2 nitrogen and oxygen atoms in total. The first-order chi connectivity index (χ1) is 9.09. The fourth-order valence-corrected chi connectivity index (χ4v) is 1.84. The normalized spacial score (nSPS) is 11.3. The van der Waals surface area contributed by atoms with E-state index in [-0.39, 0.29) is 5.78 Å². The first kappa shape index (κ1) is 13.5. The maximum atomic E-state index is 12.4. The fourth-order valence-electron chi connectivity index (χ4n) is 1.84. The van der Waals surface area contributed by atoms with E-state index in [9.17, 15) is 4.79 Å². The molecule has 98 valence electrons. The minimum absolute atomic E-state index is 0.00373. The topological polar surface area (TPSA) is 26.3 Å². The molecule has 0 bridgehead atoms. The molecule has 0 unspecified atom stereocenters. The van der Waals surface area contributed by atoms with E-state index >= 15 is 0 Å². The monoisotopic (exact) mass is 254 g/mol. The SMILES string of the molecule is CC(C)(OCc1ccccc1)C(=O)c1ccccc1. The van der Waals surface area contributed by atoms with Gasteiger partial charge >= 0.3 is 0 Å². The molecule has 0 N–H and O–H groups in total. The van der Waals surface area contributed by atoms with Gasteiger partial charge in [-0.15, -0.1) is 0 Å². The summed E-state index contributed by atoms with van der Waals surface area (Å²) in [7, 11) is 0. The lowest BCUT2D eigenvalue weighted by atomic mass is 9.96. The molecule has 2 aromatic carbocycles. The van der Waals surface area contributed by atoms with Crippen molar-refractivity contribution in [2.45, 2.75) is 26.1 Å². The average Bonchev–Trinajstić information content (AvgIpc) is 2.46. The molecular weight excluding hydrogens is 236 g/mol. The van der Waals surface area contributed by atoms with E-state index in [0.29, 0.717) is 12.2 Å². The molecular formula is C17H18O2. The molecule has 0 heterocycles. The molecule has 0 radical (unpaired) electrons. The molecule has 2 rings (SSSR count). The number of carbonyl (C=O) groups is 1. The van der Waals surface area contributed by atoms with Crippen LogP contribution < -0.4 is 0 Å². The van der Waals surface area contributed by atoms with Gasteiger partial charge in [-0.05, 0) is 19.4 Å². The van der Waals surface area contributed by atoms with E-state index in [4.69, 9.17) is 4.74 Å². The Morgan fingerprint density at radius 3 is 2.05 bits per heavy atom. The summed E-state index contributed by atoms with van der Waals surface area (Å²) in [6.45, 7) is 4.06. The Balaban J connectivity index is 2.04. The van der Waals surface area contributed by atoms with Crippen LogP contribution in [0.1, 0.15) is 29.8 Å². The highest BCUT2D eigenvalue weighted by Crippen LogP contribution is 2.19. The summed E-state index contributed by atoms with van der Waals surface area (Å²) >= 11 is 0. The zero-order valence-corrected chi connectivity index (χ0v) is 11.3. The van der Waals surface area contributed by atoms with E-state index in [2.05, 4.69) is 0 Å². The van der Waals surface area contributed by atoms with Crippen LogP contribution >= 0.6 is 0 Å². The number of ketones is 1. The molecule has 0 amide bonds. The standard InChI is InChI=1S/C17H18O2/c1-17(2,16(18)15-11-7-4-8-12-15)19-13-14-9-5-3-6-10-14/h3-12H,13H2,1-2H3. The zero-order valence-electron chi connectivity index (χ0n) is 11.3. The predicted molar refractivity (Wildman–Crippen MR) is 76.1 cm³/mol. The van der Waals surface area contributed by atoms with Gasteiger partial charge in [0.15, 0.2) is 5.78 Å². The first-order valence-electron chi connectivity index (χ1n) is 6.37. The average molecular weight is 254 g/mol. The Morgan fingerprint density at radius 1 is 0.947 bits per heavy atom. The molecule has 0 aromatic heterocycles. The van der Waals surface area contributed by atoms with Gasteiger partial charge in [0.25, 0.3) is 0 Å². The summed E-state index contributed by atoms with van der Waals surface area (Å²) in [5, 5.41) is 0. The highest BCUT2D eigenvalue weighted by Gasteiger charge is 2.29. The molecule has 0 aliphatic carbocycles. The molecule has 0 spiro atoms. The van der Waals surface area contributed by atoms with Gasteiger partial charge in [0.05, 0.1) is 6.61 Å². The molecule has 2 aromatic rings. The van der Waals surface area contributed by atoms with Crippen molar-refractivity contribution in [2.75, 3.05) is 0 Å². The quantitative estimate of drug-likeness (QED) is 0.757. The summed E-state index contributed by atoms with van der Waals surface area (Å²) < 4.78 is 5.78. The number of Topliss-reactive ketones (excluding diaryl/α,β-unsaturated/α-hetero) is 1. The molecule has 0 saturated carbocycles. The Kier molecular flexibility index (Phi) is 4.13. The Hall–Kier alpha value is -1.93. The van der Waals surface area contributed by atoms with Crippen LogP contribution in [-0.2, 0) is 11.3 Å². The van der Waals surface area contributed by atoms with Gasteiger partial charge in [0.1, 0.15) is 5.60 Å². The smallest absolute Gasteiger partial charge is 0.194 e. The van der Waals surface area contributed by atoms with E-state index in [0.717, 1.165) is 5.56 Å². The molecule has 19 heavy (non-hydrogen) atoms. The summed E-state index contributed by atoms with van der Waals surface area (Å²) in [6.07, 6.45) is 0. The van der Waals surface area contributed by atoms with Crippen LogP contribution in [0.3, 0.4) is 0 Å². The van der Waals surface area contributed by atoms with E-state index in [1.165, 1.54) is 0 Å². The van der Waals surface area contributed by atoms with Crippen LogP contribution in [0.2, 0.25) is 0 Å². The van der Waals surface area contributed by atoms with Gasteiger partial charge in [0.2, 0.25) is 0 Å². The largest absolute Gasteiger partial charge is 0.363 e. The van der Waals surface area contributed by atoms with Gasteiger partial charge < -0.3 is 4.74 Å². The lowest BCUT2D eigenvalue weighted by Crippen LogP contribution is -2.34. The Morgan fingerprint density at radius 2 is 1.47 bits per heavy atom. The van der Waals surface area contributed by atoms with Crippen molar-refractivity contribution in [1.29, 1.82) is 0 Å². The Labute approximate surface area is 114 Å². The van der Waals surface area contributed by atoms with Crippen molar-refractivity contribution in [3.05, 3.63) is 71.8 Å². The fraction of sp³-hybridized carbons (Fsp3) is 0.235. The molecule has 0 aliphatic heterocycles. The number of ether oxygens (including phenoxy) is 1. The van der Waals surface area contributed by atoms with Crippen molar-refractivity contribution in [2.24, 2.45) is 0 Å². The number of rotatable bonds is 5. The number of hydrogen-bond donors (Lipinski definition) is 0. The summed E-state index contributed by atoms with van der Waals surface area (Å²) in [5.41, 5.74) is 0.925. The van der Waals surface area contributed by atoms with Crippen molar-refractivity contribution in [3.63, 3.8) is 0 Å². The number of carbonyl (C=O) groups excluding carboxylic acids is 1.